The van der Waals surface area contributed by atoms with Crippen LogP contribution in [0.1, 0.15) is 48.3 Å². The van der Waals surface area contributed by atoms with Crippen molar-refractivity contribution in [2.45, 2.75) is 38.1 Å². The fourth-order valence-electron chi connectivity index (χ4n) is 4.08. The summed E-state index contributed by atoms with van der Waals surface area (Å²) in [6.45, 7) is 3.08. The van der Waals surface area contributed by atoms with Crippen LogP contribution < -0.4 is 5.32 Å². The number of carbonyl (C=O) groups is 1. The van der Waals surface area contributed by atoms with E-state index >= 15 is 0 Å². The lowest BCUT2D eigenvalue weighted by atomic mass is 9.98. The van der Waals surface area contributed by atoms with Gasteiger partial charge in [0.2, 0.25) is 0 Å². The standard InChI is InChI=1S/C27H26N6O/c1-2-3-14-33-15-13-30-32-26(33)21-5-4-6-23(16-21)31-27(34)25-17-20(11-12-28-25)22-9-10-24(29-18-22)19-7-8-19/h4-6,9-13,17-19,23H,7-8,14-16H2,1H3,(H,31,34). The average Bonchev–Trinajstić information content (AvgIpc) is 3.74. The summed E-state index contributed by atoms with van der Waals surface area (Å²) in [5, 5.41) is 11.5. The molecule has 1 atom stereocenters. The summed E-state index contributed by atoms with van der Waals surface area (Å²) < 4.78 is 0. The lowest BCUT2D eigenvalue weighted by Gasteiger charge is -2.28. The molecule has 5 rings (SSSR count). The zero-order chi connectivity index (χ0) is 23.3. The Morgan fingerprint density at radius 1 is 1.21 bits per heavy atom. The Morgan fingerprint density at radius 2 is 2.12 bits per heavy atom. The molecule has 7 heteroatoms. The molecule has 3 aliphatic rings. The highest BCUT2D eigenvalue weighted by molar-refractivity contribution is 6.01. The van der Waals surface area contributed by atoms with Gasteiger partial charge in [-0.05, 0) is 55.5 Å². The smallest absolute Gasteiger partial charge is 0.270 e. The quantitative estimate of drug-likeness (QED) is 0.680. The van der Waals surface area contributed by atoms with Gasteiger partial charge in [-0.3, -0.25) is 14.8 Å². The fraction of sp³-hybridized carbons (Fsp3) is 0.296. The van der Waals surface area contributed by atoms with Crippen LogP contribution in [-0.2, 0) is 0 Å². The monoisotopic (exact) mass is 450 g/mol. The average molecular weight is 451 g/mol. The zero-order valence-corrected chi connectivity index (χ0v) is 19.1. The maximum atomic E-state index is 13.0. The molecule has 1 unspecified atom stereocenters. The first kappa shape index (κ1) is 21.8. The van der Waals surface area contributed by atoms with Crippen LogP contribution in [0.3, 0.4) is 0 Å². The highest BCUT2D eigenvalue weighted by atomic mass is 16.1. The topological polar surface area (TPSA) is 82.8 Å². The van der Waals surface area contributed by atoms with Crippen molar-refractivity contribution in [3.63, 3.8) is 0 Å². The van der Waals surface area contributed by atoms with Crippen molar-refractivity contribution in [1.82, 2.24) is 20.2 Å². The van der Waals surface area contributed by atoms with Crippen molar-refractivity contribution in [2.75, 3.05) is 13.1 Å². The molecular formula is C27H26N6O. The molecule has 170 valence electrons. The summed E-state index contributed by atoms with van der Waals surface area (Å²) in [6.07, 6.45) is 14.3. The first-order chi connectivity index (χ1) is 16.7. The van der Waals surface area contributed by atoms with Gasteiger partial charge in [0, 0.05) is 35.8 Å². The van der Waals surface area contributed by atoms with E-state index in [1.54, 1.807) is 12.4 Å². The SMILES string of the molecule is CC#CCN1CC=NN=C1C1=CC=CC(NC(=O)c2cc(-c3ccc(C4CC4)nc3)ccn2)C1. The molecule has 2 aromatic heterocycles. The summed E-state index contributed by atoms with van der Waals surface area (Å²) in [5.41, 5.74) is 4.46. The molecule has 0 radical (unpaired) electrons. The minimum atomic E-state index is -0.211. The summed E-state index contributed by atoms with van der Waals surface area (Å²) in [6, 6.07) is 7.71. The lowest BCUT2D eigenvalue weighted by Crippen LogP contribution is -2.40. The van der Waals surface area contributed by atoms with Gasteiger partial charge in [-0.1, -0.05) is 30.2 Å². The van der Waals surface area contributed by atoms with Crippen LogP contribution in [0.5, 0.6) is 0 Å². The van der Waals surface area contributed by atoms with Gasteiger partial charge < -0.3 is 10.2 Å². The normalized spacial score (nSPS) is 19.1. The van der Waals surface area contributed by atoms with Crippen LogP contribution in [0.4, 0.5) is 0 Å². The van der Waals surface area contributed by atoms with Gasteiger partial charge in [0.15, 0.2) is 5.84 Å². The van der Waals surface area contributed by atoms with E-state index in [1.165, 1.54) is 12.8 Å². The third-order valence-electron chi connectivity index (χ3n) is 6.07. The van der Waals surface area contributed by atoms with Crippen LogP contribution >= 0.6 is 0 Å². The molecule has 1 amide bonds. The molecule has 0 aromatic carbocycles. The first-order valence-corrected chi connectivity index (χ1v) is 11.6. The summed E-state index contributed by atoms with van der Waals surface area (Å²) in [5.74, 6) is 7.22. The maximum absolute atomic E-state index is 13.0. The van der Waals surface area contributed by atoms with Crippen LogP contribution in [0, 0.1) is 11.8 Å². The minimum Gasteiger partial charge on any atom is -0.344 e. The Hall–Kier alpha value is -4.05. The van der Waals surface area contributed by atoms with Crippen LogP contribution in [0.15, 0.2) is 70.7 Å². The molecule has 2 aromatic rings. The number of nitrogens with zero attached hydrogens (tertiary/aromatic N) is 5. The number of rotatable bonds is 6. The molecule has 0 bridgehead atoms. The Bertz CT molecular complexity index is 1260. The molecule has 34 heavy (non-hydrogen) atoms. The van der Waals surface area contributed by atoms with E-state index in [4.69, 9.17) is 0 Å². The van der Waals surface area contributed by atoms with E-state index in [0.29, 0.717) is 31.1 Å². The summed E-state index contributed by atoms with van der Waals surface area (Å²) in [4.78, 5) is 24.0. The van der Waals surface area contributed by atoms with Crippen molar-refractivity contribution >= 4 is 18.0 Å². The number of aromatic nitrogens is 2. The van der Waals surface area contributed by atoms with Gasteiger partial charge in [0.1, 0.15) is 5.69 Å². The van der Waals surface area contributed by atoms with E-state index in [1.807, 2.05) is 43.5 Å². The van der Waals surface area contributed by atoms with Gasteiger partial charge in [-0.2, -0.15) is 5.10 Å². The van der Waals surface area contributed by atoms with Crippen molar-refractivity contribution in [3.05, 3.63) is 71.8 Å². The van der Waals surface area contributed by atoms with Crippen molar-refractivity contribution in [2.24, 2.45) is 10.2 Å². The van der Waals surface area contributed by atoms with E-state index < -0.39 is 0 Å². The molecule has 0 saturated heterocycles. The molecule has 1 saturated carbocycles. The van der Waals surface area contributed by atoms with Crippen LogP contribution in [0.2, 0.25) is 0 Å². The molecule has 0 spiro atoms. The number of hydrogen-bond acceptors (Lipinski definition) is 6. The summed E-state index contributed by atoms with van der Waals surface area (Å²) >= 11 is 0. The van der Waals surface area contributed by atoms with Gasteiger partial charge in [-0.15, -0.1) is 11.0 Å². The number of nitrogens with one attached hydrogen (secondary N) is 1. The van der Waals surface area contributed by atoms with Crippen LogP contribution in [-0.4, -0.2) is 52.0 Å². The van der Waals surface area contributed by atoms with Gasteiger partial charge in [-0.25, -0.2) is 0 Å². The minimum absolute atomic E-state index is 0.162. The Kier molecular flexibility index (Phi) is 6.30. The number of hydrogen-bond donors (Lipinski definition) is 1. The molecule has 2 aliphatic carbocycles. The van der Waals surface area contributed by atoms with Gasteiger partial charge in [0.05, 0.1) is 19.1 Å². The molecule has 7 nitrogen and oxygen atoms in total. The van der Waals surface area contributed by atoms with Crippen molar-refractivity contribution in [1.29, 1.82) is 0 Å². The Labute approximate surface area is 199 Å². The third kappa shape index (κ3) is 4.96. The molecular weight excluding hydrogens is 424 g/mol. The summed E-state index contributed by atoms with van der Waals surface area (Å²) in [7, 11) is 0. The van der Waals surface area contributed by atoms with E-state index in [9.17, 15) is 4.79 Å². The Morgan fingerprint density at radius 3 is 2.91 bits per heavy atom. The number of amides is 1. The van der Waals surface area contributed by atoms with Crippen LogP contribution in [0.25, 0.3) is 11.1 Å². The van der Waals surface area contributed by atoms with Gasteiger partial charge in [0.25, 0.3) is 5.91 Å². The number of carbonyl (C=O) groups excluding carboxylic acids is 1. The largest absolute Gasteiger partial charge is 0.344 e. The molecule has 1 fully saturated rings. The molecule has 1 aliphatic heterocycles. The second kappa shape index (κ2) is 9.84. The predicted octanol–water partition coefficient (Wildman–Crippen LogP) is 3.73. The Balaban J connectivity index is 1.26. The zero-order valence-electron chi connectivity index (χ0n) is 19.1. The predicted molar refractivity (Wildman–Crippen MR) is 133 cm³/mol. The number of allylic oxidation sites excluding steroid dienone is 2. The lowest BCUT2D eigenvalue weighted by molar-refractivity contribution is 0.0939. The molecule has 3 heterocycles. The second-order valence-corrected chi connectivity index (χ2v) is 8.57. The number of amidine groups is 1. The number of pyridine rings is 2. The first-order valence-electron chi connectivity index (χ1n) is 11.6. The van der Waals surface area contributed by atoms with Gasteiger partial charge >= 0.3 is 0 Å². The highest BCUT2D eigenvalue weighted by Crippen LogP contribution is 2.39. The third-order valence-corrected chi connectivity index (χ3v) is 6.07. The van der Waals surface area contributed by atoms with Crippen molar-refractivity contribution in [3.8, 4) is 23.0 Å². The fourth-order valence-corrected chi connectivity index (χ4v) is 4.08. The van der Waals surface area contributed by atoms with E-state index in [0.717, 1.165) is 28.2 Å². The molecule has 1 N–H and O–H groups in total. The van der Waals surface area contributed by atoms with E-state index in [2.05, 4.69) is 54.4 Å². The highest BCUT2D eigenvalue weighted by Gasteiger charge is 2.25. The van der Waals surface area contributed by atoms with Crippen molar-refractivity contribution < 1.29 is 4.79 Å². The maximum Gasteiger partial charge on any atom is 0.270 e. The van der Waals surface area contributed by atoms with E-state index in [-0.39, 0.29) is 11.9 Å². The second-order valence-electron chi connectivity index (χ2n) is 8.57.